The number of anilines is 1. The highest BCUT2D eigenvalue weighted by Crippen LogP contribution is 2.25. The predicted molar refractivity (Wildman–Crippen MR) is 99.6 cm³/mol. The molecule has 2 atom stereocenters. The van der Waals surface area contributed by atoms with Gasteiger partial charge in [0.1, 0.15) is 11.6 Å². The van der Waals surface area contributed by atoms with Crippen molar-refractivity contribution in [3.63, 3.8) is 0 Å². The lowest BCUT2D eigenvalue weighted by molar-refractivity contribution is -0.117. The van der Waals surface area contributed by atoms with Gasteiger partial charge in [0, 0.05) is 0 Å². The van der Waals surface area contributed by atoms with Crippen LogP contribution in [0, 0.1) is 5.82 Å². The first-order valence-electron chi connectivity index (χ1n) is 8.15. The Hall–Kier alpha value is -2.63. The quantitative estimate of drug-likeness (QED) is 0.654. The summed E-state index contributed by atoms with van der Waals surface area (Å²) in [6, 6.07) is 16.4. The highest BCUT2D eigenvalue weighted by atomic mass is 35.5. The van der Waals surface area contributed by atoms with Crippen LogP contribution < -0.4 is 10.6 Å². The van der Waals surface area contributed by atoms with Gasteiger partial charge in [0.25, 0.3) is 0 Å². The maximum atomic E-state index is 13.1. The standard InChI is InChI=1S/C20H18ClFN2O2/c1-13(20(25)24-17-10-9-15(22)12-16(17)21)23-19(18-8-5-11-26-18)14-6-3-2-4-7-14/h2-13,19,23H,1H3,(H,24,25)/t13-,19+/m1/s1. The molecule has 0 aliphatic carbocycles. The molecule has 0 radical (unpaired) electrons. The topological polar surface area (TPSA) is 54.3 Å². The molecule has 1 amide bonds. The van der Waals surface area contributed by atoms with Gasteiger partial charge < -0.3 is 9.73 Å². The highest BCUT2D eigenvalue weighted by Gasteiger charge is 2.23. The molecule has 2 aromatic carbocycles. The Morgan fingerprint density at radius 2 is 1.88 bits per heavy atom. The molecule has 0 saturated carbocycles. The summed E-state index contributed by atoms with van der Waals surface area (Å²) in [7, 11) is 0. The number of nitrogens with one attached hydrogen (secondary N) is 2. The van der Waals surface area contributed by atoms with Crippen LogP contribution in [0.5, 0.6) is 0 Å². The van der Waals surface area contributed by atoms with Crippen molar-refractivity contribution in [1.29, 1.82) is 0 Å². The molecule has 2 N–H and O–H groups in total. The van der Waals surface area contributed by atoms with E-state index in [2.05, 4.69) is 10.6 Å². The van der Waals surface area contributed by atoms with Gasteiger partial charge in [0.05, 0.1) is 29.1 Å². The number of hydrogen-bond acceptors (Lipinski definition) is 3. The number of carbonyl (C=O) groups excluding carboxylic acids is 1. The van der Waals surface area contributed by atoms with Crippen LogP contribution in [0.15, 0.2) is 71.3 Å². The monoisotopic (exact) mass is 372 g/mol. The molecule has 0 fully saturated rings. The van der Waals surface area contributed by atoms with Gasteiger partial charge in [-0.25, -0.2) is 4.39 Å². The van der Waals surface area contributed by atoms with E-state index in [-0.39, 0.29) is 17.0 Å². The zero-order chi connectivity index (χ0) is 18.5. The number of halogens is 2. The molecule has 1 heterocycles. The zero-order valence-electron chi connectivity index (χ0n) is 14.1. The molecule has 0 saturated heterocycles. The van der Waals surface area contributed by atoms with Gasteiger partial charge in [0.2, 0.25) is 5.91 Å². The van der Waals surface area contributed by atoms with Gasteiger partial charge >= 0.3 is 0 Å². The van der Waals surface area contributed by atoms with Gasteiger partial charge in [0.15, 0.2) is 0 Å². The Labute approximate surface area is 156 Å². The summed E-state index contributed by atoms with van der Waals surface area (Å²) in [6.07, 6.45) is 1.59. The van der Waals surface area contributed by atoms with E-state index in [4.69, 9.17) is 16.0 Å². The summed E-state index contributed by atoms with van der Waals surface area (Å²) < 4.78 is 18.7. The minimum absolute atomic E-state index is 0.149. The molecule has 134 valence electrons. The van der Waals surface area contributed by atoms with E-state index >= 15 is 0 Å². The van der Waals surface area contributed by atoms with Crippen LogP contribution in [0.3, 0.4) is 0 Å². The van der Waals surface area contributed by atoms with Crippen molar-refractivity contribution in [3.05, 3.63) is 89.1 Å². The average Bonchev–Trinajstić information content (AvgIpc) is 3.17. The summed E-state index contributed by atoms with van der Waals surface area (Å²) in [5.74, 6) is -0.0391. The highest BCUT2D eigenvalue weighted by molar-refractivity contribution is 6.33. The normalized spacial score (nSPS) is 13.2. The van der Waals surface area contributed by atoms with Gasteiger partial charge in [-0.05, 0) is 42.8 Å². The van der Waals surface area contributed by atoms with Crippen molar-refractivity contribution in [2.45, 2.75) is 19.0 Å². The fourth-order valence-electron chi connectivity index (χ4n) is 2.60. The summed E-state index contributed by atoms with van der Waals surface area (Å²) in [6.45, 7) is 1.74. The number of furan rings is 1. The minimum atomic E-state index is -0.550. The second-order valence-electron chi connectivity index (χ2n) is 5.86. The first kappa shape index (κ1) is 18.2. The molecule has 26 heavy (non-hydrogen) atoms. The molecular formula is C20H18ClFN2O2. The molecule has 4 nitrogen and oxygen atoms in total. The lowest BCUT2D eigenvalue weighted by Gasteiger charge is -2.22. The van der Waals surface area contributed by atoms with Crippen LogP contribution in [-0.2, 0) is 4.79 Å². The maximum absolute atomic E-state index is 13.1. The molecule has 0 unspecified atom stereocenters. The second-order valence-corrected chi connectivity index (χ2v) is 6.27. The van der Waals surface area contributed by atoms with Gasteiger partial charge in [-0.2, -0.15) is 0 Å². The van der Waals surface area contributed by atoms with Crippen molar-refractivity contribution < 1.29 is 13.6 Å². The molecular weight excluding hydrogens is 355 g/mol. The van der Waals surface area contributed by atoms with Crippen LogP contribution in [0.2, 0.25) is 5.02 Å². The molecule has 0 spiro atoms. The Morgan fingerprint density at radius 1 is 1.12 bits per heavy atom. The van der Waals surface area contributed by atoms with E-state index in [0.29, 0.717) is 11.4 Å². The van der Waals surface area contributed by atoms with E-state index < -0.39 is 11.9 Å². The molecule has 3 aromatic rings. The van der Waals surface area contributed by atoms with Gasteiger partial charge in [-0.1, -0.05) is 41.9 Å². The fourth-order valence-corrected chi connectivity index (χ4v) is 2.82. The van der Waals surface area contributed by atoms with Crippen molar-refractivity contribution in [2.75, 3.05) is 5.32 Å². The molecule has 0 aliphatic rings. The molecule has 6 heteroatoms. The third-order valence-electron chi connectivity index (χ3n) is 3.96. The van der Waals surface area contributed by atoms with E-state index in [9.17, 15) is 9.18 Å². The Balaban J connectivity index is 1.75. The summed E-state index contributed by atoms with van der Waals surface area (Å²) in [5.41, 5.74) is 1.34. The summed E-state index contributed by atoms with van der Waals surface area (Å²) >= 11 is 5.97. The Kier molecular flexibility index (Phi) is 5.71. The van der Waals surface area contributed by atoms with Gasteiger partial charge in [-0.15, -0.1) is 0 Å². The SMILES string of the molecule is C[C@@H](N[C@@H](c1ccccc1)c1ccco1)C(=O)Nc1ccc(F)cc1Cl. The second kappa shape index (κ2) is 8.17. The van der Waals surface area contributed by atoms with Crippen LogP contribution in [0.1, 0.15) is 24.3 Å². The summed E-state index contributed by atoms with van der Waals surface area (Å²) in [4.78, 5) is 12.5. The first-order chi connectivity index (χ1) is 12.5. The van der Waals surface area contributed by atoms with E-state index in [0.717, 1.165) is 11.6 Å². The zero-order valence-corrected chi connectivity index (χ0v) is 14.8. The van der Waals surface area contributed by atoms with Crippen LogP contribution >= 0.6 is 11.6 Å². The van der Waals surface area contributed by atoms with Crippen molar-refractivity contribution in [1.82, 2.24) is 5.32 Å². The van der Waals surface area contributed by atoms with Crippen molar-refractivity contribution in [2.24, 2.45) is 0 Å². The van der Waals surface area contributed by atoms with Crippen LogP contribution in [0.25, 0.3) is 0 Å². The van der Waals surface area contributed by atoms with Crippen molar-refractivity contribution >= 4 is 23.2 Å². The van der Waals surface area contributed by atoms with E-state index in [1.54, 1.807) is 19.3 Å². The molecule has 0 aliphatic heterocycles. The van der Waals surface area contributed by atoms with Gasteiger partial charge in [-0.3, -0.25) is 10.1 Å². The lowest BCUT2D eigenvalue weighted by atomic mass is 10.0. The van der Waals surface area contributed by atoms with E-state index in [1.165, 1.54) is 12.1 Å². The van der Waals surface area contributed by atoms with Crippen LogP contribution in [-0.4, -0.2) is 11.9 Å². The fraction of sp³-hybridized carbons (Fsp3) is 0.150. The molecule has 3 rings (SSSR count). The number of hydrogen-bond donors (Lipinski definition) is 2. The average molecular weight is 373 g/mol. The molecule has 1 aromatic heterocycles. The van der Waals surface area contributed by atoms with Crippen molar-refractivity contribution in [3.8, 4) is 0 Å². The largest absolute Gasteiger partial charge is 0.467 e. The predicted octanol–water partition coefficient (Wildman–Crippen LogP) is 4.78. The van der Waals surface area contributed by atoms with E-state index in [1.807, 2.05) is 36.4 Å². The number of benzene rings is 2. The summed E-state index contributed by atoms with van der Waals surface area (Å²) in [5, 5.41) is 6.12. The number of amides is 1. The maximum Gasteiger partial charge on any atom is 0.241 e. The third-order valence-corrected chi connectivity index (χ3v) is 4.27. The number of carbonyl (C=O) groups is 1. The lowest BCUT2D eigenvalue weighted by Crippen LogP contribution is -2.40. The number of rotatable bonds is 6. The first-order valence-corrected chi connectivity index (χ1v) is 8.52. The Bertz CT molecular complexity index is 869. The Morgan fingerprint density at radius 3 is 2.54 bits per heavy atom. The molecule has 0 bridgehead atoms. The van der Waals surface area contributed by atoms with Crippen LogP contribution in [0.4, 0.5) is 10.1 Å². The third kappa shape index (κ3) is 4.31. The smallest absolute Gasteiger partial charge is 0.241 e. The minimum Gasteiger partial charge on any atom is -0.467 e.